The molecule has 2 atom stereocenters. The van der Waals surface area contributed by atoms with Crippen LogP contribution in [0.5, 0.6) is 0 Å². The highest BCUT2D eigenvalue weighted by Gasteiger charge is 2.28. The van der Waals surface area contributed by atoms with Crippen LogP contribution in [-0.4, -0.2) is 67.1 Å². The molecule has 0 spiro atoms. The van der Waals surface area contributed by atoms with Crippen LogP contribution in [0.4, 0.5) is 0 Å². The molecule has 4 heteroatoms. The highest BCUT2D eigenvalue weighted by atomic mass is 79.9. The van der Waals surface area contributed by atoms with E-state index in [1.54, 1.807) is 0 Å². The summed E-state index contributed by atoms with van der Waals surface area (Å²) in [6.45, 7) is 10.2. The van der Waals surface area contributed by atoms with Crippen molar-refractivity contribution in [2.45, 2.75) is 19.4 Å². The first kappa shape index (κ1) is 12.8. The maximum atomic E-state index is 5.41. The van der Waals surface area contributed by atoms with Gasteiger partial charge >= 0.3 is 0 Å². The number of ether oxygens (including phenoxy) is 1. The van der Waals surface area contributed by atoms with Gasteiger partial charge in [-0.05, 0) is 18.9 Å². The summed E-state index contributed by atoms with van der Waals surface area (Å²) in [4.78, 5) is 5.23. The Labute approximate surface area is 107 Å². The summed E-state index contributed by atoms with van der Waals surface area (Å²) >= 11 is 3.56. The van der Waals surface area contributed by atoms with Crippen LogP contribution in [-0.2, 0) is 4.74 Å². The van der Waals surface area contributed by atoms with Crippen molar-refractivity contribution in [1.29, 1.82) is 0 Å². The minimum Gasteiger partial charge on any atom is -0.379 e. The molecule has 2 heterocycles. The number of hydrogen-bond donors (Lipinski definition) is 0. The predicted octanol–water partition coefficient (Wildman–Crippen LogP) is 1.42. The summed E-state index contributed by atoms with van der Waals surface area (Å²) in [5.41, 5.74) is 0. The topological polar surface area (TPSA) is 15.7 Å². The van der Waals surface area contributed by atoms with E-state index in [4.69, 9.17) is 4.74 Å². The van der Waals surface area contributed by atoms with Crippen LogP contribution in [0.15, 0.2) is 0 Å². The number of alkyl halides is 1. The van der Waals surface area contributed by atoms with Crippen molar-refractivity contribution < 1.29 is 4.74 Å². The Morgan fingerprint density at radius 2 is 2.06 bits per heavy atom. The molecular formula is C12H23BrN2O. The van der Waals surface area contributed by atoms with Crippen molar-refractivity contribution in [3.8, 4) is 0 Å². The fraction of sp³-hybridized carbons (Fsp3) is 1.00. The van der Waals surface area contributed by atoms with E-state index in [0.29, 0.717) is 0 Å². The minimum atomic E-state index is 0.767. The maximum absolute atomic E-state index is 5.41. The highest BCUT2D eigenvalue weighted by Crippen LogP contribution is 2.18. The molecule has 3 nitrogen and oxygen atoms in total. The van der Waals surface area contributed by atoms with Gasteiger partial charge in [0.2, 0.25) is 0 Å². The third-order valence-corrected chi connectivity index (χ3v) is 4.75. The molecule has 16 heavy (non-hydrogen) atoms. The van der Waals surface area contributed by atoms with Gasteiger partial charge in [0.1, 0.15) is 0 Å². The van der Waals surface area contributed by atoms with Gasteiger partial charge in [0.05, 0.1) is 13.2 Å². The van der Waals surface area contributed by atoms with Gasteiger partial charge in [-0.2, -0.15) is 0 Å². The van der Waals surface area contributed by atoms with Crippen molar-refractivity contribution in [1.82, 2.24) is 9.80 Å². The number of likely N-dealkylation sites (tertiary alicyclic amines) is 1. The molecule has 2 rings (SSSR count). The number of nitrogens with zero attached hydrogens (tertiary/aromatic N) is 2. The molecule has 0 bridgehead atoms. The zero-order valence-corrected chi connectivity index (χ0v) is 11.8. The van der Waals surface area contributed by atoms with Gasteiger partial charge in [-0.3, -0.25) is 4.90 Å². The summed E-state index contributed by atoms with van der Waals surface area (Å²) in [7, 11) is 0. The molecule has 0 amide bonds. The van der Waals surface area contributed by atoms with Crippen molar-refractivity contribution in [3.63, 3.8) is 0 Å². The molecule has 0 aromatic rings. The summed E-state index contributed by atoms with van der Waals surface area (Å²) in [6.07, 6.45) is 1.34. The van der Waals surface area contributed by atoms with Crippen molar-refractivity contribution in [2.24, 2.45) is 5.92 Å². The van der Waals surface area contributed by atoms with Crippen LogP contribution in [0.2, 0.25) is 0 Å². The average Bonchev–Trinajstić information content (AvgIpc) is 2.78. The van der Waals surface area contributed by atoms with E-state index >= 15 is 0 Å². The molecule has 2 saturated heterocycles. The molecule has 2 aliphatic rings. The molecule has 2 fully saturated rings. The Hall–Kier alpha value is 0.360. The molecule has 0 saturated carbocycles. The maximum Gasteiger partial charge on any atom is 0.0594 e. The molecule has 0 aromatic carbocycles. The van der Waals surface area contributed by atoms with E-state index in [9.17, 15) is 0 Å². The first-order valence-corrected chi connectivity index (χ1v) is 7.52. The Morgan fingerprint density at radius 3 is 2.75 bits per heavy atom. The van der Waals surface area contributed by atoms with Crippen molar-refractivity contribution in [2.75, 3.05) is 51.3 Å². The second-order valence-electron chi connectivity index (χ2n) is 5.11. The Morgan fingerprint density at radius 1 is 1.31 bits per heavy atom. The Bertz CT molecular complexity index is 209. The third kappa shape index (κ3) is 3.42. The predicted molar refractivity (Wildman–Crippen MR) is 70.2 cm³/mol. The summed E-state index contributed by atoms with van der Waals surface area (Å²) in [5, 5.41) is 1.12. The minimum absolute atomic E-state index is 0.767. The molecular weight excluding hydrogens is 268 g/mol. The standard InChI is InChI=1S/C12H23BrN2O/c1-11(8-13)9-14-3-2-12(10-14)15-4-6-16-7-5-15/h11-12H,2-10H2,1H3. The van der Waals surface area contributed by atoms with E-state index in [0.717, 1.165) is 43.6 Å². The lowest BCUT2D eigenvalue weighted by Gasteiger charge is -2.32. The van der Waals surface area contributed by atoms with Crippen LogP contribution in [0.3, 0.4) is 0 Å². The summed E-state index contributed by atoms with van der Waals surface area (Å²) < 4.78 is 5.41. The lowest BCUT2D eigenvalue weighted by Crippen LogP contribution is -2.45. The van der Waals surface area contributed by atoms with Crippen LogP contribution < -0.4 is 0 Å². The molecule has 0 N–H and O–H groups in total. The van der Waals surface area contributed by atoms with E-state index in [1.165, 1.54) is 26.1 Å². The zero-order valence-electron chi connectivity index (χ0n) is 10.2. The number of morpholine rings is 1. The molecule has 0 aliphatic carbocycles. The van der Waals surface area contributed by atoms with Crippen molar-refractivity contribution in [3.05, 3.63) is 0 Å². The van der Waals surface area contributed by atoms with Gasteiger partial charge in [0.15, 0.2) is 0 Å². The lowest BCUT2D eigenvalue weighted by atomic mass is 10.2. The quantitative estimate of drug-likeness (QED) is 0.729. The third-order valence-electron chi connectivity index (χ3n) is 3.64. The first-order chi connectivity index (χ1) is 7.79. The SMILES string of the molecule is CC(CBr)CN1CCC(N2CCOCC2)C1. The second kappa shape index (κ2) is 6.34. The monoisotopic (exact) mass is 290 g/mol. The second-order valence-corrected chi connectivity index (χ2v) is 5.76. The molecule has 0 aromatic heterocycles. The fourth-order valence-electron chi connectivity index (χ4n) is 2.71. The van der Waals surface area contributed by atoms with Gasteiger partial charge in [-0.15, -0.1) is 0 Å². The molecule has 2 aliphatic heterocycles. The summed E-state index contributed by atoms with van der Waals surface area (Å²) in [6, 6.07) is 0.784. The van der Waals surface area contributed by atoms with Gasteiger partial charge in [-0.1, -0.05) is 22.9 Å². The largest absolute Gasteiger partial charge is 0.379 e. The zero-order chi connectivity index (χ0) is 11.4. The first-order valence-electron chi connectivity index (χ1n) is 6.39. The normalized spacial score (nSPS) is 30.8. The molecule has 2 unspecified atom stereocenters. The smallest absolute Gasteiger partial charge is 0.0594 e. The van der Waals surface area contributed by atoms with E-state index < -0.39 is 0 Å². The Kier molecular flexibility index (Phi) is 5.07. The van der Waals surface area contributed by atoms with Gasteiger partial charge < -0.3 is 9.64 Å². The number of rotatable bonds is 4. The highest BCUT2D eigenvalue weighted by molar-refractivity contribution is 9.09. The Balaban J connectivity index is 1.74. The van der Waals surface area contributed by atoms with Gasteiger partial charge in [0.25, 0.3) is 0 Å². The number of halogens is 1. The van der Waals surface area contributed by atoms with E-state index in [2.05, 4.69) is 32.7 Å². The van der Waals surface area contributed by atoms with Crippen LogP contribution in [0.1, 0.15) is 13.3 Å². The van der Waals surface area contributed by atoms with Gasteiger partial charge in [-0.25, -0.2) is 0 Å². The van der Waals surface area contributed by atoms with Gasteiger partial charge in [0, 0.05) is 37.6 Å². The fourth-order valence-corrected chi connectivity index (χ4v) is 2.91. The molecule has 94 valence electrons. The lowest BCUT2D eigenvalue weighted by molar-refractivity contribution is 0.0183. The van der Waals surface area contributed by atoms with Crippen LogP contribution in [0, 0.1) is 5.92 Å². The van der Waals surface area contributed by atoms with Crippen LogP contribution >= 0.6 is 15.9 Å². The number of hydrogen-bond acceptors (Lipinski definition) is 3. The van der Waals surface area contributed by atoms with E-state index in [-0.39, 0.29) is 0 Å². The molecule has 0 radical (unpaired) electrons. The average molecular weight is 291 g/mol. The van der Waals surface area contributed by atoms with E-state index in [1.807, 2.05) is 0 Å². The summed E-state index contributed by atoms with van der Waals surface area (Å²) in [5.74, 6) is 0.767. The van der Waals surface area contributed by atoms with Crippen LogP contribution in [0.25, 0.3) is 0 Å². The van der Waals surface area contributed by atoms with Crippen molar-refractivity contribution >= 4 is 15.9 Å².